The van der Waals surface area contributed by atoms with Crippen LogP contribution in [0.4, 0.5) is 0 Å². The highest BCUT2D eigenvalue weighted by Gasteiger charge is 2.31. The number of carbonyl (C=O) groups excluding carboxylic acids is 1. The number of ether oxygens (including phenoxy) is 1. The number of nitrogens with one attached hydrogen (secondary N) is 1. The van der Waals surface area contributed by atoms with Gasteiger partial charge >= 0.3 is 0 Å². The van der Waals surface area contributed by atoms with Crippen molar-refractivity contribution < 1.29 is 14.6 Å². The molecule has 1 saturated heterocycles. The van der Waals surface area contributed by atoms with Gasteiger partial charge in [-0.25, -0.2) is 0 Å². The van der Waals surface area contributed by atoms with Crippen LogP contribution in [0, 0.1) is 5.92 Å². The van der Waals surface area contributed by atoms with E-state index in [-0.39, 0.29) is 30.6 Å². The second-order valence-electron chi connectivity index (χ2n) is 4.63. The lowest BCUT2D eigenvalue weighted by Crippen LogP contribution is -2.38. The predicted molar refractivity (Wildman–Crippen MR) is 67.9 cm³/mol. The minimum atomic E-state index is -0.341. The predicted octanol–water partition coefficient (Wildman–Crippen LogP) is 1.26. The molecule has 1 aromatic rings. The van der Waals surface area contributed by atoms with Crippen LogP contribution < -0.4 is 5.32 Å². The summed E-state index contributed by atoms with van der Waals surface area (Å²) in [6.07, 6.45) is 0.708. The van der Waals surface area contributed by atoms with E-state index >= 15 is 0 Å². The number of amides is 1. The Balaban J connectivity index is 2.00. The Bertz CT molecular complexity index is 393. The number of hydrogen-bond acceptors (Lipinski definition) is 3. The van der Waals surface area contributed by atoms with Crippen molar-refractivity contribution in [2.24, 2.45) is 5.92 Å². The van der Waals surface area contributed by atoms with Gasteiger partial charge in [0, 0.05) is 6.61 Å². The normalized spacial score (nSPS) is 24.8. The second kappa shape index (κ2) is 5.98. The fraction of sp³-hybridized carbons (Fsp3) is 0.500. The summed E-state index contributed by atoms with van der Waals surface area (Å²) in [5.41, 5.74) is 0.917. The van der Waals surface area contributed by atoms with Crippen molar-refractivity contribution in [1.29, 1.82) is 0 Å². The van der Waals surface area contributed by atoms with Gasteiger partial charge in [-0.1, -0.05) is 30.3 Å². The average Bonchev–Trinajstić information content (AvgIpc) is 2.83. The molecule has 3 atom stereocenters. The highest BCUT2D eigenvalue weighted by Crippen LogP contribution is 2.22. The third-order valence-electron chi connectivity index (χ3n) is 3.41. The summed E-state index contributed by atoms with van der Waals surface area (Å²) in [7, 11) is 0. The molecule has 1 aliphatic rings. The van der Waals surface area contributed by atoms with Crippen molar-refractivity contribution in [2.75, 3.05) is 13.2 Å². The highest BCUT2D eigenvalue weighted by atomic mass is 16.5. The molecule has 0 radical (unpaired) electrons. The molecule has 2 N–H and O–H groups in total. The monoisotopic (exact) mass is 249 g/mol. The smallest absolute Gasteiger partial charge is 0.226 e. The Kier molecular flexibility index (Phi) is 4.33. The van der Waals surface area contributed by atoms with Gasteiger partial charge < -0.3 is 15.2 Å². The maximum absolute atomic E-state index is 12.1. The number of hydrogen-bond donors (Lipinski definition) is 2. The van der Waals surface area contributed by atoms with Crippen molar-refractivity contribution in [3.05, 3.63) is 35.9 Å². The van der Waals surface area contributed by atoms with Crippen molar-refractivity contribution >= 4 is 5.91 Å². The van der Waals surface area contributed by atoms with E-state index in [9.17, 15) is 9.90 Å². The molecule has 2 unspecified atom stereocenters. The summed E-state index contributed by atoms with van der Waals surface area (Å²) in [5.74, 6) is -0.148. The largest absolute Gasteiger partial charge is 0.394 e. The van der Waals surface area contributed by atoms with Crippen LogP contribution in [-0.4, -0.2) is 30.3 Å². The topological polar surface area (TPSA) is 58.6 Å². The van der Waals surface area contributed by atoms with Crippen molar-refractivity contribution in [2.45, 2.75) is 25.5 Å². The zero-order chi connectivity index (χ0) is 13.0. The van der Waals surface area contributed by atoms with Crippen LogP contribution in [0.5, 0.6) is 0 Å². The van der Waals surface area contributed by atoms with E-state index in [0.717, 1.165) is 12.0 Å². The first kappa shape index (κ1) is 13.1. The Hall–Kier alpha value is -1.39. The molecule has 0 saturated carbocycles. The molecule has 18 heavy (non-hydrogen) atoms. The van der Waals surface area contributed by atoms with E-state index in [4.69, 9.17) is 4.74 Å². The molecule has 4 heteroatoms. The third kappa shape index (κ3) is 2.89. The van der Waals surface area contributed by atoms with Gasteiger partial charge in [-0.2, -0.15) is 0 Å². The lowest BCUT2D eigenvalue weighted by Gasteiger charge is -2.20. The van der Waals surface area contributed by atoms with Gasteiger partial charge in [0.05, 0.1) is 24.7 Å². The number of carbonyl (C=O) groups is 1. The molecule has 2 rings (SSSR count). The van der Waals surface area contributed by atoms with Gasteiger partial charge in [0.1, 0.15) is 0 Å². The molecule has 1 amide bonds. The number of benzene rings is 1. The van der Waals surface area contributed by atoms with Crippen LogP contribution in [0.1, 0.15) is 24.9 Å². The first-order chi connectivity index (χ1) is 8.72. The lowest BCUT2D eigenvalue weighted by atomic mass is 10.00. The maximum Gasteiger partial charge on any atom is 0.226 e. The fourth-order valence-corrected chi connectivity index (χ4v) is 2.27. The summed E-state index contributed by atoms with van der Waals surface area (Å²) < 4.78 is 5.38. The van der Waals surface area contributed by atoms with Gasteiger partial charge in [0.2, 0.25) is 5.91 Å². The minimum absolute atomic E-state index is 0.0390. The van der Waals surface area contributed by atoms with E-state index < -0.39 is 0 Å². The second-order valence-corrected chi connectivity index (χ2v) is 4.63. The number of rotatable bonds is 4. The van der Waals surface area contributed by atoms with Crippen LogP contribution in [0.15, 0.2) is 30.3 Å². The summed E-state index contributed by atoms with van der Waals surface area (Å²) in [6, 6.07) is 9.15. The number of aliphatic hydroxyl groups excluding tert-OH is 1. The van der Waals surface area contributed by atoms with Crippen molar-refractivity contribution in [3.8, 4) is 0 Å². The van der Waals surface area contributed by atoms with Crippen LogP contribution in [0.25, 0.3) is 0 Å². The summed E-state index contributed by atoms with van der Waals surface area (Å²) in [4.78, 5) is 12.1. The van der Waals surface area contributed by atoms with Gasteiger partial charge in [0.15, 0.2) is 0 Å². The zero-order valence-electron chi connectivity index (χ0n) is 10.5. The van der Waals surface area contributed by atoms with Gasteiger partial charge in [-0.05, 0) is 18.9 Å². The van der Waals surface area contributed by atoms with Gasteiger partial charge in [-0.15, -0.1) is 0 Å². The maximum atomic E-state index is 12.1. The van der Waals surface area contributed by atoms with E-state index in [1.54, 1.807) is 0 Å². The molecular formula is C14H19NO3. The first-order valence-corrected chi connectivity index (χ1v) is 6.30. The van der Waals surface area contributed by atoms with E-state index in [2.05, 4.69) is 5.32 Å². The molecular weight excluding hydrogens is 230 g/mol. The van der Waals surface area contributed by atoms with E-state index in [1.165, 1.54) is 0 Å². The molecule has 0 aromatic heterocycles. The molecule has 1 fully saturated rings. The quantitative estimate of drug-likeness (QED) is 0.844. The zero-order valence-corrected chi connectivity index (χ0v) is 10.5. The van der Waals surface area contributed by atoms with E-state index in [0.29, 0.717) is 6.61 Å². The Morgan fingerprint density at radius 1 is 1.50 bits per heavy atom. The molecule has 0 spiro atoms. The highest BCUT2D eigenvalue weighted by molar-refractivity contribution is 5.80. The molecule has 98 valence electrons. The van der Waals surface area contributed by atoms with Crippen molar-refractivity contribution in [1.82, 2.24) is 5.32 Å². The minimum Gasteiger partial charge on any atom is -0.394 e. The van der Waals surface area contributed by atoms with E-state index in [1.807, 2.05) is 37.3 Å². The van der Waals surface area contributed by atoms with Crippen LogP contribution >= 0.6 is 0 Å². The first-order valence-electron chi connectivity index (χ1n) is 6.30. The van der Waals surface area contributed by atoms with Crippen molar-refractivity contribution in [3.63, 3.8) is 0 Å². The standard InChI is InChI=1S/C14H19NO3/c1-10-12(7-8-18-10)14(17)15-13(9-16)11-5-3-2-4-6-11/h2-6,10,12-13,16H,7-9H2,1H3,(H,15,17)/t10?,12?,13-/m0/s1. The Morgan fingerprint density at radius 2 is 2.22 bits per heavy atom. The third-order valence-corrected chi connectivity index (χ3v) is 3.41. The fourth-order valence-electron chi connectivity index (χ4n) is 2.27. The van der Waals surface area contributed by atoms with Crippen LogP contribution in [-0.2, 0) is 9.53 Å². The summed E-state index contributed by atoms with van der Waals surface area (Å²) in [6.45, 7) is 2.44. The Morgan fingerprint density at radius 3 is 2.78 bits per heavy atom. The number of aliphatic hydroxyl groups is 1. The molecule has 1 heterocycles. The van der Waals surface area contributed by atoms with Gasteiger partial charge in [-0.3, -0.25) is 4.79 Å². The SMILES string of the molecule is CC1OCCC1C(=O)N[C@@H](CO)c1ccccc1. The summed E-state index contributed by atoms with van der Waals surface area (Å²) >= 11 is 0. The molecule has 4 nitrogen and oxygen atoms in total. The molecule has 0 bridgehead atoms. The lowest BCUT2D eigenvalue weighted by molar-refractivity contribution is -0.127. The summed E-state index contributed by atoms with van der Waals surface area (Å²) in [5, 5.41) is 12.3. The van der Waals surface area contributed by atoms with Crippen LogP contribution in [0.2, 0.25) is 0 Å². The molecule has 0 aliphatic carbocycles. The van der Waals surface area contributed by atoms with Gasteiger partial charge in [0.25, 0.3) is 0 Å². The molecule has 1 aliphatic heterocycles. The van der Waals surface area contributed by atoms with Crippen LogP contribution in [0.3, 0.4) is 0 Å². The molecule has 1 aromatic carbocycles. The Labute approximate surface area is 107 Å². The average molecular weight is 249 g/mol.